The fraction of sp³-hybridized carbons (Fsp3) is 0.462. The molecule has 6 nitrogen and oxygen atoms in total. The van der Waals surface area contributed by atoms with Gasteiger partial charge in [0.2, 0.25) is 6.41 Å². The zero-order valence-corrected chi connectivity index (χ0v) is 10.6. The Labute approximate surface area is 111 Å². The van der Waals surface area contributed by atoms with Crippen LogP contribution in [0.4, 0.5) is 5.69 Å². The lowest BCUT2D eigenvalue weighted by Gasteiger charge is -2.23. The number of hydrogen-bond donors (Lipinski definition) is 1. The highest BCUT2D eigenvalue weighted by molar-refractivity contribution is 5.48. The smallest absolute Gasteiger partial charge is 0.269 e. The summed E-state index contributed by atoms with van der Waals surface area (Å²) in [5, 5.41) is 13.4. The number of carbonyl (C=O) groups excluding carboxylic acids is 1. The molecule has 1 aromatic carbocycles. The number of nitro groups is 1. The first-order valence-electron chi connectivity index (χ1n) is 6.37. The third-order valence-corrected chi connectivity index (χ3v) is 3.41. The average Bonchev–Trinajstić information content (AvgIpc) is 2.91. The summed E-state index contributed by atoms with van der Waals surface area (Å²) in [5.41, 5.74) is 0.958. The maximum atomic E-state index is 10.7. The van der Waals surface area contributed by atoms with E-state index in [0.29, 0.717) is 6.41 Å². The van der Waals surface area contributed by atoms with Crippen LogP contribution in [0.3, 0.4) is 0 Å². The van der Waals surface area contributed by atoms with E-state index in [2.05, 4.69) is 10.2 Å². The minimum absolute atomic E-state index is 0.0646. The molecule has 0 spiro atoms. The van der Waals surface area contributed by atoms with Crippen LogP contribution < -0.4 is 5.32 Å². The summed E-state index contributed by atoms with van der Waals surface area (Å²) in [6.07, 6.45) is 3.06. The molecule has 0 radical (unpaired) electrons. The molecule has 1 unspecified atom stereocenters. The second-order valence-electron chi connectivity index (χ2n) is 4.69. The summed E-state index contributed by atoms with van der Waals surface area (Å²) in [7, 11) is 0. The van der Waals surface area contributed by atoms with Crippen LogP contribution in [0.1, 0.15) is 24.4 Å². The van der Waals surface area contributed by atoms with Crippen molar-refractivity contribution in [3.63, 3.8) is 0 Å². The molecular formula is C13H17N3O3. The van der Waals surface area contributed by atoms with E-state index in [-0.39, 0.29) is 11.7 Å². The highest BCUT2D eigenvalue weighted by Gasteiger charge is 2.19. The Balaban J connectivity index is 2.08. The topological polar surface area (TPSA) is 75.5 Å². The van der Waals surface area contributed by atoms with E-state index in [9.17, 15) is 14.9 Å². The molecule has 1 heterocycles. The van der Waals surface area contributed by atoms with Gasteiger partial charge in [-0.05, 0) is 31.5 Å². The molecule has 0 aliphatic carbocycles. The van der Waals surface area contributed by atoms with Gasteiger partial charge in [0.15, 0.2) is 0 Å². The third-order valence-electron chi connectivity index (χ3n) is 3.41. The predicted octanol–water partition coefficient (Wildman–Crippen LogP) is 1.48. The summed E-state index contributed by atoms with van der Waals surface area (Å²) in [6.45, 7) is 2.84. The third kappa shape index (κ3) is 3.51. The van der Waals surface area contributed by atoms with Crippen LogP contribution in [0.15, 0.2) is 24.3 Å². The quantitative estimate of drug-likeness (QED) is 0.479. The summed E-state index contributed by atoms with van der Waals surface area (Å²) >= 11 is 0. The number of amides is 1. The van der Waals surface area contributed by atoms with Crippen molar-refractivity contribution >= 4 is 12.1 Å². The minimum Gasteiger partial charge on any atom is -0.351 e. The van der Waals surface area contributed by atoms with E-state index in [1.807, 2.05) is 0 Å². The first kappa shape index (κ1) is 13.5. The molecule has 1 aromatic rings. The van der Waals surface area contributed by atoms with Gasteiger partial charge in [-0.25, -0.2) is 0 Å². The van der Waals surface area contributed by atoms with Crippen LogP contribution in [-0.4, -0.2) is 35.9 Å². The second-order valence-corrected chi connectivity index (χ2v) is 4.69. The van der Waals surface area contributed by atoms with Gasteiger partial charge in [0.1, 0.15) is 0 Å². The standard InChI is InChI=1S/C13H17N3O3/c17-10-14-13(9-15-7-1-2-8-15)11-3-5-12(6-4-11)16(18)19/h3-6,10,13H,1-2,7-9H2,(H,14,17). The summed E-state index contributed by atoms with van der Waals surface area (Å²) < 4.78 is 0. The zero-order chi connectivity index (χ0) is 13.7. The first-order chi connectivity index (χ1) is 9.20. The molecular weight excluding hydrogens is 246 g/mol. The highest BCUT2D eigenvalue weighted by atomic mass is 16.6. The normalized spacial score (nSPS) is 17.1. The Bertz CT molecular complexity index is 441. The zero-order valence-electron chi connectivity index (χ0n) is 10.6. The van der Waals surface area contributed by atoms with Gasteiger partial charge < -0.3 is 10.2 Å². The molecule has 1 fully saturated rings. The fourth-order valence-corrected chi connectivity index (χ4v) is 2.39. The number of likely N-dealkylation sites (tertiary alicyclic amines) is 1. The molecule has 0 saturated carbocycles. The number of nitrogens with zero attached hydrogens (tertiary/aromatic N) is 2. The number of rotatable bonds is 6. The van der Waals surface area contributed by atoms with Crippen LogP contribution in [0.25, 0.3) is 0 Å². The number of nitrogens with one attached hydrogen (secondary N) is 1. The average molecular weight is 263 g/mol. The van der Waals surface area contributed by atoms with Crippen LogP contribution in [0.5, 0.6) is 0 Å². The lowest BCUT2D eigenvalue weighted by molar-refractivity contribution is -0.384. The van der Waals surface area contributed by atoms with Gasteiger partial charge in [-0.2, -0.15) is 0 Å². The first-order valence-corrected chi connectivity index (χ1v) is 6.37. The van der Waals surface area contributed by atoms with Crippen molar-refractivity contribution in [3.8, 4) is 0 Å². The van der Waals surface area contributed by atoms with E-state index >= 15 is 0 Å². The summed E-state index contributed by atoms with van der Waals surface area (Å²) in [6, 6.07) is 6.24. The van der Waals surface area contributed by atoms with Gasteiger partial charge in [0.25, 0.3) is 5.69 Å². The van der Waals surface area contributed by atoms with Gasteiger partial charge >= 0.3 is 0 Å². The molecule has 0 bridgehead atoms. The molecule has 102 valence electrons. The number of hydrogen-bond acceptors (Lipinski definition) is 4. The molecule has 1 saturated heterocycles. The van der Waals surface area contributed by atoms with Crippen molar-refractivity contribution in [2.24, 2.45) is 0 Å². The molecule has 19 heavy (non-hydrogen) atoms. The molecule has 1 amide bonds. The number of non-ortho nitro benzene ring substituents is 1. The molecule has 2 rings (SSSR count). The maximum absolute atomic E-state index is 10.7. The van der Waals surface area contributed by atoms with Crippen molar-refractivity contribution in [1.82, 2.24) is 10.2 Å². The molecule has 1 aliphatic rings. The van der Waals surface area contributed by atoms with E-state index in [1.54, 1.807) is 12.1 Å². The molecule has 6 heteroatoms. The van der Waals surface area contributed by atoms with Gasteiger partial charge in [-0.15, -0.1) is 0 Å². The SMILES string of the molecule is O=CNC(CN1CCCC1)c1ccc([N+](=O)[O-])cc1. The summed E-state index contributed by atoms with van der Waals surface area (Å²) in [5.74, 6) is 0. The Morgan fingerprint density at radius 3 is 2.47 bits per heavy atom. The minimum atomic E-state index is -0.424. The molecule has 1 atom stereocenters. The van der Waals surface area contributed by atoms with Crippen molar-refractivity contribution in [2.45, 2.75) is 18.9 Å². The Kier molecular flexibility index (Phi) is 4.46. The van der Waals surface area contributed by atoms with Crippen molar-refractivity contribution in [1.29, 1.82) is 0 Å². The van der Waals surface area contributed by atoms with E-state index in [0.717, 1.165) is 25.2 Å². The number of carbonyl (C=O) groups is 1. The molecule has 1 N–H and O–H groups in total. The summed E-state index contributed by atoms with van der Waals surface area (Å²) in [4.78, 5) is 23.2. The maximum Gasteiger partial charge on any atom is 0.269 e. The van der Waals surface area contributed by atoms with E-state index in [4.69, 9.17) is 0 Å². The predicted molar refractivity (Wildman–Crippen MR) is 70.7 cm³/mol. The van der Waals surface area contributed by atoms with Gasteiger partial charge in [-0.1, -0.05) is 12.1 Å². The van der Waals surface area contributed by atoms with Gasteiger partial charge in [0, 0.05) is 18.7 Å². The highest BCUT2D eigenvalue weighted by Crippen LogP contribution is 2.20. The second kappa shape index (κ2) is 6.29. The Morgan fingerprint density at radius 1 is 1.32 bits per heavy atom. The number of benzene rings is 1. The van der Waals surface area contributed by atoms with E-state index < -0.39 is 4.92 Å². The van der Waals surface area contributed by atoms with Gasteiger partial charge in [0.05, 0.1) is 11.0 Å². The monoisotopic (exact) mass is 263 g/mol. The van der Waals surface area contributed by atoms with Gasteiger partial charge in [-0.3, -0.25) is 14.9 Å². The van der Waals surface area contributed by atoms with Crippen LogP contribution in [0.2, 0.25) is 0 Å². The van der Waals surface area contributed by atoms with Crippen LogP contribution in [0, 0.1) is 10.1 Å². The largest absolute Gasteiger partial charge is 0.351 e. The molecule has 0 aromatic heterocycles. The van der Waals surface area contributed by atoms with Crippen LogP contribution in [-0.2, 0) is 4.79 Å². The van der Waals surface area contributed by atoms with Crippen molar-refractivity contribution in [3.05, 3.63) is 39.9 Å². The van der Waals surface area contributed by atoms with Crippen molar-refractivity contribution in [2.75, 3.05) is 19.6 Å². The van der Waals surface area contributed by atoms with E-state index in [1.165, 1.54) is 25.0 Å². The van der Waals surface area contributed by atoms with Crippen LogP contribution >= 0.6 is 0 Å². The Morgan fingerprint density at radius 2 is 1.95 bits per heavy atom. The molecule has 1 aliphatic heterocycles. The lowest BCUT2D eigenvalue weighted by atomic mass is 10.1. The lowest BCUT2D eigenvalue weighted by Crippen LogP contribution is -2.33. The van der Waals surface area contributed by atoms with Crippen molar-refractivity contribution < 1.29 is 9.72 Å². The fourth-order valence-electron chi connectivity index (χ4n) is 2.39. The number of nitro benzene ring substituents is 1. The Hall–Kier alpha value is -1.95.